The number of likely N-dealkylation sites (N-methyl/N-ethyl adjacent to an activating group) is 1. The van der Waals surface area contributed by atoms with Gasteiger partial charge in [0.15, 0.2) is 17.3 Å². The number of benzene rings is 4. The van der Waals surface area contributed by atoms with E-state index in [-0.39, 0.29) is 53.2 Å². The number of unbranched alkanes of at least 4 members (excludes halogenated alkanes) is 1. The second-order valence-corrected chi connectivity index (χ2v) is 18.5. The van der Waals surface area contributed by atoms with Gasteiger partial charge in [0.05, 0.1) is 12.6 Å². The first-order valence-electron chi connectivity index (χ1n) is 22.5. The number of phenolic OH excluding ortho intramolecular Hbond substituents is 2. The van der Waals surface area contributed by atoms with Crippen molar-refractivity contribution in [3.8, 4) is 33.8 Å². The van der Waals surface area contributed by atoms with Gasteiger partial charge in [-0.2, -0.15) is 0 Å². The van der Waals surface area contributed by atoms with Crippen molar-refractivity contribution in [3.63, 3.8) is 0 Å². The molecule has 0 unspecified atom stereocenters. The van der Waals surface area contributed by atoms with Gasteiger partial charge in [-0.15, -0.1) is 0 Å². The van der Waals surface area contributed by atoms with Crippen molar-refractivity contribution >= 4 is 52.6 Å². The highest BCUT2D eigenvalue weighted by Gasteiger charge is 2.50. The summed E-state index contributed by atoms with van der Waals surface area (Å²) in [6.07, 6.45) is -0.940. The molecular formula is C51H56ClF2N5O9. The van der Waals surface area contributed by atoms with Gasteiger partial charge >= 0.3 is 0 Å². The fourth-order valence-corrected chi connectivity index (χ4v) is 9.13. The second-order valence-electron chi connectivity index (χ2n) is 18.0. The minimum atomic E-state index is -3.37. The summed E-state index contributed by atoms with van der Waals surface area (Å²) < 4.78 is 28.7. The van der Waals surface area contributed by atoms with Gasteiger partial charge in [-0.25, -0.2) is 8.78 Å². The Morgan fingerprint density at radius 3 is 2.13 bits per heavy atom. The van der Waals surface area contributed by atoms with Crippen molar-refractivity contribution in [2.45, 2.75) is 89.3 Å². The van der Waals surface area contributed by atoms with Crippen LogP contribution in [0.5, 0.6) is 11.5 Å². The number of alkyl halides is 2. The second kappa shape index (κ2) is 21.6. The van der Waals surface area contributed by atoms with Gasteiger partial charge in [0.25, 0.3) is 5.92 Å². The highest BCUT2D eigenvalue weighted by Crippen LogP contribution is 2.40. The smallest absolute Gasteiger partial charge is 0.267 e. The highest BCUT2D eigenvalue weighted by molar-refractivity contribution is 6.30. The highest BCUT2D eigenvalue weighted by atomic mass is 35.5. The monoisotopic (exact) mass is 955 g/mol. The van der Waals surface area contributed by atoms with Crippen LogP contribution in [0.4, 0.5) is 8.78 Å². The maximum absolute atomic E-state index is 14.7. The topological polar surface area (TPSA) is 230 Å². The number of nitrogens with two attached hydrogens (primary N) is 2. The number of halogens is 3. The molecule has 4 aromatic rings. The third kappa shape index (κ3) is 11.9. The number of primary amides is 1. The number of carbonyl (C=O) groups is 7. The summed E-state index contributed by atoms with van der Waals surface area (Å²) in [4.78, 5) is 98.5. The van der Waals surface area contributed by atoms with Crippen molar-refractivity contribution in [3.05, 3.63) is 107 Å². The number of aromatic hydroxyl groups is 2. The van der Waals surface area contributed by atoms with Crippen LogP contribution in [0.15, 0.2) is 84.9 Å². The van der Waals surface area contributed by atoms with Crippen LogP contribution < -0.4 is 16.8 Å². The van der Waals surface area contributed by atoms with Crippen LogP contribution in [0, 0.1) is 17.8 Å². The van der Waals surface area contributed by atoms with E-state index in [1.165, 1.54) is 62.2 Å². The van der Waals surface area contributed by atoms with Crippen LogP contribution in [0.2, 0.25) is 5.02 Å². The Bertz CT molecular complexity index is 2570. The first kappa shape index (κ1) is 50.9. The molecule has 4 bridgehead atoms. The molecule has 0 aromatic heterocycles. The number of hydrogen-bond acceptors (Lipinski definition) is 10. The maximum atomic E-state index is 14.7. The maximum Gasteiger partial charge on any atom is 0.267 e. The lowest BCUT2D eigenvalue weighted by molar-refractivity contribution is -0.143. The van der Waals surface area contributed by atoms with Gasteiger partial charge in [0, 0.05) is 72.2 Å². The summed E-state index contributed by atoms with van der Waals surface area (Å²) in [6, 6.07) is 18.5. The molecule has 6 atom stereocenters. The van der Waals surface area contributed by atoms with Crippen molar-refractivity contribution < 1.29 is 52.6 Å². The third-order valence-corrected chi connectivity index (χ3v) is 13.1. The Morgan fingerprint density at radius 1 is 0.882 bits per heavy atom. The lowest BCUT2D eigenvalue weighted by Crippen LogP contribution is -2.48. The molecular weight excluding hydrogens is 900 g/mol. The van der Waals surface area contributed by atoms with Gasteiger partial charge in [-0.1, -0.05) is 80.4 Å². The van der Waals surface area contributed by atoms with Crippen LogP contribution in [-0.4, -0.2) is 99.1 Å². The molecule has 68 heavy (non-hydrogen) atoms. The molecule has 0 aliphatic carbocycles. The number of phenols is 2. The zero-order valence-corrected chi connectivity index (χ0v) is 38.8. The van der Waals surface area contributed by atoms with Crippen molar-refractivity contribution in [1.82, 2.24) is 15.1 Å². The van der Waals surface area contributed by atoms with E-state index in [9.17, 15) is 52.6 Å². The molecule has 0 spiro atoms. The Kier molecular flexibility index (Phi) is 16.2. The molecule has 14 nitrogen and oxygen atoms in total. The number of hydrogen-bond donors (Lipinski definition) is 5. The zero-order chi connectivity index (χ0) is 49.6. The molecule has 2 aliphatic heterocycles. The molecule has 4 aromatic carbocycles. The summed E-state index contributed by atoms with van der Waals surface area (Å²) in [6.45, 7) is 2.11. The molecule has 360 valence electrons. The summed E-state index contributed by atoms with van der Waals surface area (Å²) in [7, 11) is 1.43. The van der Waals surface area contributed by atoms with E-state index in [0.717, 1.165) is 11.1 Å². The summed E-state index contributed by atoms with van der Waals surface area (Å²) in [5.41, 5.74) is 14.1. The molecule has 7 N–H and O–H groups in total. The Labute approximate surface area is 398 Å². The first-order valence-corrected chi connectivity index (χ1v) is 22.9. The van der Waals surface area contributed by atoms with Crippen molar-refractivity contribution in [2.24, 2.45) is 29.2 Å². The standard InChI is InChI=1S/C51H56ClF2N5O9/c1-28-20-45(64)46(58(3)50(68)35(6-4-5-19-55)25-43(62)33-10-8-31(9-11-33)32-12-15-36(52)16-13-32)34-14-18-42(61)38(24-34)37-22-30(7-17-41(37)60)23-39(57-48(28)66)44(63)21-29(2)49(67)59-27-51(53,54)26-40(59)47(56)65/h7-18,22,24,28-29,35,39-40,46,60-61H,4-6,19-21,23,25-27,55H2,1-3H3,(H2,56,65)(H,57,66)/t28-,29-,35-,39+,40+,46+/m1/s1. The molecule has 17 heteroatoms. The van der Waals surface area contributed by atoms with E-state index in [1.54, 1.807) is 36.4 Å². The number of Topliss-reactive ketones (excluding diaryl/α,β-unsaturated/α-hetero) is 3. The van der Waals surface area contributed by atoms with E-state index >= 15 is 0 Å². The largest absolute Gasteiger partial charge is 0.507 e. The van der Waals surface area contributed by atoms with Crippen LogP contribution in [-0.2, 0) is 35.2 Å². The number of likely N-dealkylation sites (tertiary alicyclic amines) is 1. The minimum absolute atomic E-state index is 0.0832. The molecule has 6 rings (SSSR count). The SMILES string of the molecule is C[C@@H]1CC(=O)[C@@H](N(C)C(=O)[C@H](CCCCN)CC(=O)c2ccc(-c3ccc(Cl)cc3)cc2)c2ccc(O)c(c2)-c2cc(ccc2O)C[C@@H](C(=O)C[C@@H](C)C(=O)N2CC(F)(F)C[C@H]2C(N)=O)NC1=O. The van der Waals surface area contributed by atoms with Gasteiger partial charge in [0.1, 0.15) is 23.6 Å². The zero-order valence-electron chi connectivity index (χ0n) is 38.1. The molecule has 2 aliphatic rings. The number of nitrogens with zero attached hydrogens (tertiary/aromatic N) is 2. The Morgan fingerprint density at radius 2 is 1.50 bits per heavy atom. The predicted octanol–water partition coefficient (Wildman–Crippen LogP) is 6.56. The summed E-state index contributed by atoms with van der Waals surface area (Å²) in [5, 5.41) is 25.6. The lowest BCUT2D eigenvalue weighted by atomic mass is 9.87. The van der Waals surface area contributed by atoms with E-state index in [2.05, 4.69) is 5.32 Å². The van der Waals surface area contributed by atoms with Crippen LogP contribution in [0.25, 0.3) is 22.3 Å². The predicted molar refractivity (Wildman–Crippen MR) is 250 cm³/mol. The quantitative estimate of drug-likeness (QED) is 0.0637. The summed E-state index contributed by atoms with van der Waals surface area (Å²) >= 11 is 6.06. The molecule has 4 amide bonds. The van der Waals surface area contributed by atoms with E-state index in [0.29, 0.717) is 40.4 Å². The van der Waals surface area contributed by atoms with Crippen LogP contribution >= 0.6 is 11.6 Å². The molecule has 2 heterocycles. The average molecular weight is 956 g/mol. The van der Waals surface area contributed by atoms with Gasteiger partial charge in [-0.3, -0.25) is 33.6 Å². The first-order chi connectivity index (χ1) is 32.2. The summed E-state index contributed by atoms with van der Waals surface area (Å²) in [5.74, 6) is -11.9. The third-order valence-electron chi connectivity index (χ3n) is 12.8. The Balaban J connectivity index is 1.29. The average Bonchev–Trinajstić information content (AvgIpc) is 3.64. The molecule has 0 saturated carbocycles. The van der Waals surface area contributed by atoms with Gasteiger partial charge in [0.2, 0.25) is 23.6 Å². The number of fused-ring (bicyclic) bond motifs is 5. The van der Waals surface area contributed by atoms with Crippen molar-refractivity contribution in [1.29, 1.82) is 0 Å². The number of ketones is 3. The number of rotatable bonds is 15. The fraction of sp³-hybridized carbons (Fsp3) is 0.392. The fourth-order valence-electron chi connectivity index (χ4n) is 9.00. The van der Waals surface area contributed by atoms with Crippen LogP contribution in [0.1, 0.15) is 86.3 Å². The minimum Gasteiger partial charge on any atom is -0.507 e. The number of nitrogens with one attached hydrogen (secondary N) is 1. The normalized spacial score (nSPS) is 20.1. The molecule has 0 radical (unpaired) electrons. The van der Waals surface area contributed by atoms with Crippen LogP contribution in [0.3, 0.4) is 0 Å². The van der Waals surface area contributed by atoms with Crippen molar-refractivity contribution in [2.75, 3.05) is 20.1 Å². The van der Waals surface area contributed by atoms with E-state index in [1.807, 2.05) is 12.1 Å². The Hall–Kier alpha value is -6.52. The number of carbonyl (C=O) groups excluding carboxylic acids is 7. The van der Waals surface area contributed by atoms with E-state index < -0.39 is 103 Å². The van der Waals surface area contributed by atoms with E-state index in [4.69, 9.17) is 23.1 Å². The van der Waals surface area contributed by atoms with Gasteiger partial charge < -0.3 is 36.8 Å². The molecule has 1 saturated heterocycles. The van der Waals surface area contributed by atoms with Gasteiger partial charge in [-0.05, 0) is 84.5 Å². The number of amides is 4. The lowest BCUT2D eigenvalue weighted by Gasteiger charge is -2.32. The molecule has 1 fully saturated rings.